The average molecular weight is 252 g/mol. The third-order valence-electron chi connectivity index (χ3n) is 2.66. The van der Waals surface area contributed by atoms with E-state index >= 15 is 0 Å². The van der Waals surface area contributed by atoms with Crippen LogP contribution in [-0.2, 0) is 6.42 Å². The Morgan fingerprint density at radius 2 is 2.26 bits per heavy atom. The number of rotatable bonds is 2. The van der Waals surface area contributed by atoms with Crippen molar-refractivity contribution in [2.45, 2.75) is 6.42 Å². The number of nitrogens with zero attached hydrogens (tertiary/aromatic N) is 3. The summed E-state index contributed by atoms with van der Waals surface area (Å²) in [6.45, 7) is 0. The molecule has 0 atom stereocenters. The molecule has 3 rings (SSSR count). The Kier molecular flexibility index (Phi) is 2.58. The lowest BCUT2D eigenvalue weighted by atomic mass is 10.1. The molecule has 3 aromatic rings. The van der Waals surface area contributed by atoms with Gasteiger partial charge in [0, 0.05) is 11.8 Å². The number of fused-ring (bicyclic) bond motifs is 1. The third-order valence-corrected chi connectivity index (χ3v) is 2.66. The molecule has 0 saturated heterocycles. The second-order valence-electron chi connectivity index (χ2n) is 3.92. The van der Waals surface area contributed by atoms with E-state index in [2.05, 4.69) is 15.0 Å². The SMILES string of the molecule is N#CCc1nccc(-c2ccc3oc(=O)[nH]c3c2)n1. The number of oxazole rings is 1. The molecule has 0 aliphatic carbocycles. The minimum Gasteiger partial charge on any atom is -0.408 e. The van der Waals surface area contributed by atoms with Crippen molar-refractivity contribution >= 4 is 11.1 Å². The normalized spacial score (nSPS) is 10.5. The van der Waals surface area contributed by atoms with Crippen LogP contribution in [0.25, 0.3) is 22.4 Å². The van der Waals surface area contributed by atoms with Crippen molar-refractivity contribution in [3.63, 3.8) is 0 Å². The number of hydrogen-bond acceptors (Lipinski definition) is 5. The molecule has 0 unspecified atom stereocenters. The van der Waals surface area contributed by atoms with E-state index in [9.17, 15) is 4.79 Å². The molecular weight excluding hydrogens is 244 g/mol. The van der Waals surface area contributed by atoms with E-state index in [0.717, 1.165) is 5.56 Å². The van der Waals surface area contributed by atoms with E-state index in [4.69, 9.17) is 9.68 Å². The van der Waals surface area contributed by atoms with Crippen molar-refractivity contribution in [2.24, 2.45) is 0 Å². The van der Waals surface area contributed by atoms with Gasteiger partial charge < -0.3 is 4.42 Å². The predicted octanol–water partition coefficient (Wildman–Crippen LogP) is 1.64. The van der Waals surface area contributed by atoms with Gasteiger partial charge in [0.2, 0.25) is 0 Å². The Morgan fingerprint density at radius 1 is 1.37 bits per heavy atom. The summed E-state index contributed by atoms with van der Waals surface area (Å²) in [5.74, 6) is -0.0132. The number of benzene rings is 1. The van der Waals surface area contributed by atoms with Crippen LogP contribution in [0.3, 0.4) is 0 Å². The topological polar surface area (TPSA) is 95.6 Å². The fourth-order valence-corrected chi connectivity index (χ4v) is 1.83. The number of hydrogen-bond donors (Lipinski definition) is 1. The standard InChI is InChI=1S/C13H8N4O2/c14-5-3-12-15-6-4-9(16-12)8-1-2-11-10(7-8)17-13(18)19-11/h1-2,4,6-7H,3H2,(H,17,18). The Labute approximate surface area is 107 Å². The van der Waals surface area contributed by atoms with E-state index in [1.807, 2.05) is 6.07 Å². The van der Waals surface area contributed by atoms with Gasteiger partial charge >= 0.3 is 5.76 Å². The number of aromatic amines is 1. The summed E-state index contributed by atoms with van der Waals surface area (Å²) in [5, 5.41) is 8.64. The molecule has 0 aliphatic heterocycles. The lowest BCUT2D eigenvalue weighted by molar-refractivity contribution is 0.555. The first kappa shape index (κ1) is 11.2. The van der Waals surface area contributed by atoms with Crippen molar-refractivity contribution < 1.29 is 4.42 Å². The van der Waals surface area contributed by atoms with E-state index < -0.39 is 5.76 Å². The fourth-order valence-electron chi connectivity index (χ4n) is 1.83. The number of nitriles is 1. The zero-order valence-corrected chi connectivity index (χ0v) is 9.75. The van der Waals surface area contributed by atoms with Gasteiger partial charge in [0.15, 0.2) is 5.58 Å². The number of nitrogens with one attached hydrogen (secondary N) is 1. The van der Waals surface area contributed by atoms with Crippen LogP contribution in [0.2, 0.25) is 0 Å². The second-order valence-corrected chi connectivity index (χ2v) is 3.92. The highest BCUT2D eigenvalue weighted by Crippen LogP contribution is 2.21. The Morgan fingerprint density at radius 3 is 3.11 bits per heavy atom. The Hall–Kier alpha value is -2.94. The summed E-state index contributed by atoms with van der Waals surface area (Å²) in [6, 6.07) is 9.04. The predicted molar refractivity (Wildman–Crippen MR) is 67.2 cm³/mol. The summed E-state index contributed by atoms with van der Waals surface area (Å²) < 4.78 is 4.93. The number of aromatic nitrogens is 3. The molecule has 0 spiro atoms. The van der Waals surface area contributed by atoms with Crippen LogP contribution in [0.4, 0.5) is 0 Å². The second kappa shape index (κ2) is 4.38. The summed E-state index contributed by atoms with van der Waals surface area (Å²) in [4.78, 5) is 22.0. The monoisotopic (exact) mass is 252 g/mol. The molecule has 2 heterocycles. The molecule has 1 aromatic carbocycles. The average Bonchev–Trinajstić information content (AvgIpc) is 2.78. The maximum Gasteiger partial charge on any atom is 0.417 e. The zero-order chi connectivity index (χ0) is 13.2. The molecule has 6 nitrogen and oxygen atoms in total. The Balaban J connectivity index is 2.10. The summed E-state index contributed by atoms with van der Waals surface area (Å²) in [7, 11) is 0. The maximum atomic E-state index is 11.1. The maximum absolute atomic E-state index is 11.1. The van der Waals surface area contributed by atoms with E-state index in [1.54, 1.807) is 30.5 Å². The molecule has 19 heavy (non-hydrogen) atoms. The first-order valence-corrected chi connectivity index (χ1v) is 5.58. The minimum absolute atomic E-state index is 0.165. The molecule has 1 N–H and O–H groups in total. The van der Waals surface area contributed by atoms with Crippen molar-refractivity contribution in [1.82, 2.24) is 15.0 Å². The Bertz CT molecular complexity index is 841. The van der Waals surface area contributed by atoms with Crippen molar-refractivity contribution in [3.05, 3.63) is 46.8 Å². The van der Waals surface area contributed by atoms with Crippen LogP contribution in [-0.4, -0.2) is 15.0 Å². The molecule has 0 saturated carbocycles. The van der Waals surface area contributed by atoms with Gasteiger partial charge in [-0.1, -0.05) is 0 Å². The van der Waals surface area contributed by atoms with Crippen molar-refractivity contribution in [1.29, 1.82) is 5.26 Å². The van der Waals surface area contributed by atoms with Gasteiger partial charge in [-0.3, -0.25) is 4.98 Å². The summed E-state index contributed by atoms with van der Waals surface area (Å²) >= 11 is 0. The van der Waals surface area contributed by atoms with Crippen molar-refractivity contribution in [2.75, 3.05) is 0 Å². The molecule has 6 heteroatoms. The molecule has 0 amide bonds. The fraction of sp³-hybridized carbons (Fsp3) is 0.0769. The van der Waals surface area contributed by atoms with Gasteiger partial charge in [-0.15, -0.1) is 0 Å². The molecule has 0 bridgehead atoms. The lowest BCUT2D eigenvalue weighted by Crippen LogP contribution is -1.95. The third kappa shape index (κ3) is 2.09. The van der Waals surface area contributed by atoms with Gasteiger partial charge in [0.25, 0.3) is 0 Å². The number of H-pyrrole nitrogens is 1. The lowest BCUT2D eigenvalue weighted by Gasteiger charge is -2.01. The molecule has 0 radical (unpaired) electrons. The highest BCUT2D eigenvalue weighted by molar-refractivity contribution is 5.78. The quantitative estimate of drug-likeness (QED) is 0.748. The van der Waals surface area contributed by atoms with Crippen LogP contribution in [0.5, 0.6) is 0 Å². The van der Waals surface area contributed by atoms with Crippen LogP contribution in [0, 0.1) is 11.3 Å². The van der Waals surface area contributed by atoms with Crippen LogP contribution < -0.4 is 5.76 Å². The summed E-state index contributed by atoms with van der Waals surface area (Å²) in [5.41, 5.74) is 2.64. The van der Waals surface area contributed by atoms with E-state index in [1.165, 1.54) is 0 Å². The van der Waals surface area contributed by atoms with Gasteiger partial charge in [-0.05, 0) is 24.3 Å². The first-order valence-electron chi connectivity index (χ1n) is 5.58. The molecular formula is C13H8N4O2. The first-order chi connectivity index (χ1) is 9.26. The molecule has 0 aliphatic rings. The zero-order valence-electron chi connectivity index (χ0n) is 9.75. The van der Waals surface area contributed by atoms with Crippen LogP contribution >= 0.6 is 0 Å². The smallest absolute Gasteiger partial charge is 0.408 e. The van der Waals surface area contributed by atoms with E-state index in [-0.39, 0.29) is 6.42 Å². The van der Waals surface area contributed by atoms with Crippen LogP contribution in [0.1, 0.15) is 5.82 Å². The van der Waals surface area contributed by atoms with E-state index in [0.29, 0.717) is 22.6 Å². The molecule has 92 valence electrons. The molecule has 2 aromatic heterocycles. The minimum atomic E-state index is -0.486. The van der Waals surface area contributed by atoms with Gasteiger partial charge in [0.1, 0.15) is 5.82 Å². The summed E-state index contributed by atoms with van der Waals surface area (Å²) in [6.07, 6.45) is 1.77. The highest BCUT2D eigenvalue weighted by Gasteiger charge is 2.06. The largest absolute Gasteiger partial charge is 0.417 e. The molecule has 0 fully saturated rings. The van der Waals surface area contributed by atoms with Crippen LogP contribution in [0.15, 0.2) is 39.7 Å². The van der Waals surface area contributed by atoms with Gasteiger partial charge in [-0.2, -0.15) is 5.26 Å². The highest BCUT2D eigenvalue weighted by atomic mass is 16.4. The van der Waals surface area contributed by atoms with Gasteiger partial charge in [-0.25, -0.2) is 14.8 Å². The van der Waals surface area contributed by atoms with Crippen molar-refractivity contribution in [3.8, 4) is 17.3 Å². The van der Waals surface area contributed by atoms with Gasteiger partial charge in [0.05, 0.1) is 23.7 Å².